The summed E-state index contributed by atoms with van der Waals surface area (Å²) in [7, 11) is 0. The molecule has 1 heterocycles. The molecule has 25 heavy (non-hydrogen) atoms. The van der Waals surface area contributed by atoms with E-state index in [0.717, 1.165) is 22.4 Å². The molecule has 0 bridgehead atoms. The number of rotatable bonds is 6. The van der Waals surface area contributed by atoms with Crippen LogP contribution in [-0.4, -0.2) is 11.7 Å². The highest BCUT2D eigenvalue weighted by Gasteiger charge is 2.11. The van der Waals surface area contributed by atoms with Crippen LogP contribution in [0.5, 0.6) is 0 Å². The number of para-hydroxylation sites is 1. The van der Waals surface area contributed by atoms with E-state index in [0.29, 0.717) is 5.03 Å². The molecular weight excluding hydrogens is 332 g/mol. The number of nitrogens with zero attached hydrogens (tertiary/aromatic N) is 1. The fourth-order valence-corrected chi connectivity index (χ4v) is 3.18. The van der Waals surface area contributed by atoms with Crippen molar-refractivity contribution in [1.29, 1.82) is 0 Å². The van der Waals surface area contributed by atoms with Crippen LogP contribution in [-0.2, 0) is 11.2 Å². The van der Waals surface area contributed by atoms with Gasteiger partial charge in [-0.2, -0.15) is 4.73 Å². The highest BCUT2D eigenvalue weighted by atomic mass is 32.2. The fourth-order valence-electron chi connectivity index (χ4n) is 2.46. The molecule has 1 aromatic heterocycles. The van der Waals surface area contributed by atoms with Gasteiger partial charge < -0.3 is 10.5 Å². The largest absolute Gasteiger partial charge is 0.618 e. The van der Waals surface area contributed by atoms with Gasteiger partial charge in [-0.05, 0) is 41.4 Å². The van der Waals surface area contributed by atoms with Crippen molar-refractivity contribution in [2.45, 2.75) is 11.4 Å². The molecular formula is C20H18N2O2S. The number of carbonyl (C=O) groups is 1. The van der Waals surface area contributed by atoms with Gasteiger partial charge in [-0.3, -0.25) is 4.79 Å². The average Bonchev–Trinajstić information content (AvgIpc) is 2.64. The summed E-state index contributed by atoms with van der Waals surface area (Å²) in [5, 5.41) is 15.1. The van der Waals surface area contributed by atoms with Gasteiger partial charge in [0.15, 0.2) is 6.20 Å². The van der Waals surface area contributed by atoms with Crippen molar-refractivity contribution in [3.63, 3.8) is 0 Å². The first-order valence-electron chi connectivity index (χ1n) is 7.95. The Hall–Kier alpha value is -2.79. The highest BCUT2D eigenvalue weighted by molar-refractivity contribution is 7.99. The molecule has 4 nitrogen and oxygen atoms in total. The third-order valence-corrected chi connectivity index (χ3v) is 4.69. The standard InChI is InChI=1S/C20H18N2O2S/c23-19(15-25-20-12-6-7-13-22(20)24)21-18-11-5-4-10-17(18)14-16-8-2-1-3-9-16/h1-13H,14-15H2,(H,21,23). The Kier molecular flexibility index (Phi) is 5.69. The smallest absolute Gasteiger partial charge is 0.251 e. The van der Waals surface area contributed by atoms with Gasteiger partial charge in [0.25, 0.3) is 5.03 Å². The van der Waals surface area contributed by atoms with Gasteiger partial charge in [0.1, 0.15) is 0 Å². The lowest BCUT2D eigenvalue weighted by atomic mass is 10.0. The number of nitrogens with one attached hydrogen (secondary N) is 1. The van der Waals surface area contributed by atoms with Crippen molar-refractivity contribution < 1.29 is 9.52 Å². The Morgan fingerprint density at radius 2 is 1.68 bits per heavy atom. The zero-order valence-electron chi connectivity index (χ0n) is 13.6. The molecule has 0 saturated heterocycles. The summed E-state index contributed by atoms with van der Waals surface area (Å²) in [5.41, 5.74) is 3.06. The third-order valence-electron chi connectivity index (χ3n) is 3.67. The van der Waals surface area contributed by atoms with E-state index in [9.17, 15) is 10.0 Å². The topological polar surface area (TPSA) is 56.0 Å². The molecule has 1 amide bonds. The van der Waals surface area contributed by atoms with Gasteiger partial charge in [0, 0.05) is 17.8 Å². The minimum Gasteiger partial charge on any atom is -0.618 e. The number of carbonyl (C=O) groups excluding carboxylic acids is 1. The van der Waals surface area contributed by atoms with Crippen LogP contribution < -0.4 is 10.0 Å². The lowest BCUT2D eigenvalue weighted by Gasteiger charge is -2.11. The van der Waals surface area contributed by atoms with E-state index in [4.69, 9.17) is 0 Å². The van der Waals surface area contributed by atoms with Crippen LogP contribution >= 0.6 is 11.8 Å². The van der Waals surface area contributed by atoms with Crippen LogP contribution in [0.3, 0.4) is 0 Å². The molecule has 3 aromatic rings. The zero-order chi connectivity index (χ0) is 17.5. The number of pyridine rings is 1. The summed E-state index contributed by atoms with van der Waals surface area (Å²) in [6, 6.07) is 23.1. The monoisotopic (exact) mass is 350 g/mol. The number of benzene rings is 2. The predicted octanol–water partition coefficient (Wildman–Crippen LogP) is 3.64. The SMILES string of the molecule is O=C(CSc1cccc[n+]1[O-])Nc1ccccc1Cc1ccccc1. The minimum absolute atomic E-state index is 0.130. The minimum atomic E-state index is -0.130. The van der Waals surface area contributed by atoms with Crippen LogP contribution in [0, 0.1) is 5.21 Å². The van der Waals surface area contributed by atoms with E-state index in [2.05, 4.69) is 17.4 Å². The highest BCUT2D eigenvalue weighted by Crippen LogP contribution is 2.20. The third kappa shape index (κ3) is 4.84. The second kappa shape index (κ2) is 8.35. The molecule has 1 N–H and O–H groups in total. The maximum atomic E-state index is 12.3. The summed E-state index contributed by atoms with van der Waals surface area (Å²) < 4.78 is 0.765. The summed E-state index contributed by atoms with van der Waals surface area (Å²) in [4.78, 5) is 12.3. The van der Waals surface area contributed by atoms with Crippen molar-refractivity contribution in [2.75, 3.05) is 11.1 Å². The van der Waals surface area contributed by atoms with Crippen molar-refractivity contribution in [1.82, 2.24) is 0 Å². The Balaban J connectivity index is 1.64. The Bertz CT molecular complexity index is 853. The van der Waals surface area contributed by atoms with Crippen LogP contribution in [0.4, 0.5) is 5.69 Å². The van der Waals surface area contributed by atoms with Crippen molar-refractivity contribution in [3.05, 3.63) is 95.3 Å². The van der Waals surface area contributed by atoms with E-state index >= 15 is 0 Å². The van der Waals surface area contributed by atoms with Gasteiger partial charge >= 0.3 is 0 Å². The number of anilines is 1. The lowest BCUT2D eigenvalue weighted by Crippen LogP contribution is -2.28. The van der Waals surface area contributed by atoms with Gasteiger partial charge in [-0.25, -0.2) is 0 Å². The van der Waals surface area contributed by atoms with E-state index in [1.54, 1.807) is 18.2 Å². The van der Waals surface area contributed by atoms with E-state index in [1.165, 1.54) is 23.5 Å². The van der Waals surface area contributed by atoms with Crippen LogP contribution in [0.15, 0.2) is 84.0 Å². The molecule has 0 atom stereocenters. The number of hydrogen-bond donors (Lipinski definition) is 1. The zero-order valence-corrected chi connectivity index (χ0v) is 14.4. The number of amides is 1. The van der Waals surface area contributed by atoms with Crippen LogP contribution in [0.25, 0.3) is 0 Å². The molecule has 126 valence electrons. The Labute approximate surface area is 151 Å². The molecule has 2 aromatic carbocycles. The second-order valence-electron chi connectivity index (χ2n) is 5.52. The van der Waals surface area contributed by atoms with Crippen molar-refractivity contribution in [3.8, 4) is 0 Å². The molecule has 3 rings (SSSR count). The van der Waals surface area contributed by atoms with Gasteiger partial charge in [0.05, 0.1) is 5.75 Å². The first kappa shape index (κ1) is 17.0. The fraction of sp³-hybridized carbons (Fsp3) is 0.100. The van der Waals surface area contributed by atoms with Gasteiger partial charge in [-0.1, -0.05) is 48.5 Å². The molecule has 0 spiro atoms. The van der Waals surface area contributed by atoms with Crippen LogP contribution in [0.1, 0.15) is 11.1 Å². The van der Waals surface area contributed by atoms with Crippen molar-refractivity contribution in [2.24, 2.45) is 0 Å². The Morgan fingerprint density at radius 3 is 2.48 bits per heavy atom. The van der Waals surface area contributed by atoms with Gasteiger partial charge in [0.2, 0.25) is 5.91 Å². The molecule has 0 aliphatic rings. The maximum Gasteiger partial charge on any atom is 0.251 e. The lowest BCUT2D eigenvalue weighted by molar-refractivity contribution is -0.645. The van der Waals surface area contributed by atoms with E-state index < -0.39 is 0 Å². The molecule has 0 fully saturated rings. The Morgan fingerprint density at radius 1 is 0.960 bits per heavy atom. The quantitative estimate of drug-likeness (QED) is 0.419. The first-order valence-corrected chi connectivity index (χ1v) is 8.93. The number of aromatic nitrogens is 1. The van der Waals surface area contributed by atoms with Crippen molar-refractivity contribution >= 4 is 23.4 Å². The molecule has 0 aliphatic carbocycles. The molecule has 0 radical (unpaired) electrons. The van der Waals surface area contributed by atoms with E-state index in [-0.39, 0.29) is 11.7 Å². The van der Waals surface area contributed by atoms with Gasteiger partial charge in [-0.15, -0.1) is 0 Å². The second-order valence-corrected chi connectivity index (χ2v) is 6.52. The summed E-state index contributed by atoms with van der Waals surface area (Å²) in [5.74, 6) is 0.0562. The van der Waals surface area contributed by atoms with Crippen LogP contribution in [0.2, 0.25) is 0 Å². The summed E-state index contributed by atoms with van der Waals surface area (Å²) in [6.07, 6.45) is 2.18. The number of thioether (sulfide) groups is 1. The predicted molar refractivity (Wildman–Crippen MR) is 100 cm³/mol. The summed E-state index contributed by atoms with van der Waals surface area (Å²) >= 11 is 1.22. The maximum absolute atomic E-state index is 12.3. The molecule has 0 aliphatic heterocycles. The number of hydrogen-bond acceptors (Lipinski definition) is 3. The molecule has 5 heteroatoms. The first-order chi connectivity index (χ1) is 12.2. The molecule has 0 unspecified atom stereocenters. The van der Waals surface area contributed by atoms with E-state index in [1.807, 2.05) is 42.5 Å². The summed E-state index contributed by atoms with van der Waals surface area (Å²) in [6.45, 7) is 0. The molecule has 0 saturated carbocycles. The normalized spacial score (nSPS) is 10.4. The average molecular weight is 350 g/mol.